The standard InChI is InChI=1S/C14H17N3S/c1-14(2)8-7-10-5-3-4-6-11(10)13(14)16-12-9-15-17-18-12/h3-6,9,13,16H,7-8H2,1-2H3. The number of rotatable bonds is 2. The number of nitrogens with zero attached hydrogens (tertiary/aromatic N) is 2. The highest BCUT2D eigenvalue weighted by Crippen LogP contribution is 2.45. The monoisotopic (exact) mass is 259 g/mol. The number of aryl methyl sites for hydroxylation is 1. The highest BCUT2D eigenvalue weighted by molar-refractivity contribution is 7.09. The molecule has 2 aromatic rings. The molecule has 0 saturated heterocycles. The fraction of sp³-hybridized carbons (Fsp3) is 0.429. The Labute approximate surface area is 111 Å². The summed E-state index contributed by atoms with van der Waals surface area (Å²) in [5.41, 5.74) is 3.13. The van der Waals surface area contributed by atoms with Gasteiger partial charge in [-0.25, -0.2) is 0 Å². The average molecular weight is 259 g/mol. The second kappa shape index (κ2) is 4.35. The predicted octanol–water partition coefficient (Wildman–Crippen LogP) is 3.66. The summed E-state index contributed by atoms with van der Waals surface area (Å²) in [6.07, 6.45) is 4.17. The molecule has 0 bridgehead atoms. The summed E-state index contributed by atoms with van der Waals surface area (Å²) < 4.78 is 3.92. The van der Waals surface area contributed by atoms with E-state index in [1.54, 1.807) is 6.20 Å². The lowest BCUT2D eigenvalue weighted by atomic mass is 9.70. The molecule has 0 amide bonds. The minimum absolute atomic E-state index is 0.248. The van der Waals surface area contributed by atoms with Crippen molar-refractivity contribution in [3.8, 4) is 0 Å². The maximum Gasteiger partial charge on any atom is 0.130 e. The van der Waals surface area contributed by atoms with Crippen LogP contribution in [0.15, 0.2) is 30.5 Å². The first-order valence-corrected chi connectivity index (χ1v) is 7.06. The van der Waals surface area contributed by atoms with Crippen molar-refractivity contribution in [3.05, 3.63) is 41.6 Å². The van der Waals surface area contributed by atoms with E-state index < -0.39 is 0 Å². The lowest BCUT2D eigenvalue weighted by Crippen LogP contribution is -2.33. The van der Waals surface area contributed by atoms with Crippen LogP contribution in [0, 0.1) is 5.41 Å². The summed E-state index contributed by atoms with van der Waals surface area (Å²) in [6, 6.07) is 9.07. The highest BCUT2D eigenvalue weighted by atomic mass is 32.1. The first kappa shape index (κ1) is 11.7. The molecule has 0 saturated carbocycles. The van der Waals surface area contributed by atoms with E-state index in [-0.39, 0.29) is 5.41 Å². The molecule has 3 rings (SSSR count). The molecule has 94 valence electrons. The van der Waals surface area contributed by atoms with Crippen molar-refractivity contribution < 1.29 is 0 Å². The fourth-order valence-electron chi connectivity index (χ4n) is 2.71. The zero-order chi connectivity index (χ0) is 12.6. The van der Waals surface area contributed by atoms with Gasteiger partial charge in [0, 0.05) is 11.5 Å². The molecule has 1 aliphatic rings. The van der Waals surface area contributed by atoms with Crippen molar-refractivity contribution in [1.82, 2.24) is 9.59 Å². The third-order valence-electron chi connectivity index (χ3n) is 3.83. The molecule has 3 nitrogen and oxygen atoms in total. The Morgan fingerprint density at radius 3 is 2.94 bits per heavy atom. The molecule has 0 radical (unpaired) electrons. The molecule has 4 heteroatoms. The number of hydrogen-bond donors (Lipinski definition) is 1. The Hall–Kier alpha value is -1.42. The average Bonchev–Trinajstić information content (AvgIpc) is 2.86. The van der Waals surface area contributed by atoms with E-state index >= 15 is 0 Å². The van der Waals surface area contributed by atoms with Crippen LogP contribution in [0.25, 0.3) is 0 Å². The molecule has 1 N–H and O–H groups in total. The van der Waals surface area contributed by atoms with Crippen molar-refractivity contribution in [2.45, 2.75) is 32.7 Å². The summed E-state index contributed by atoms with van der Waals surface area (Å²) in [6.45, 7) is 4.66. The second-order valence-corrected chi connectivity index (χ2v) is 6.33. The molecule has 0 aliphatic heterocycles. The van der Waals surface area contributed by atoms with Crippen molar-refractivity contribution in [2.75, 3.05) is 5.32 Å². The van der Waals surface area contributed by atoms with Gasteiger partial charge in [0.25, 0.3) is 0 Å². The van der Waals surface area contributed by atoms with Gasteiger partial charge in [-0.1, -0.05) is 42.6 Å². The van der Waals surface area contributed by atoms with Crippen LogP contribution in [0.3, 0.4) is 0 Å². The molecule has 1 aromatic carbocycles. The minimum Gasteiger partial charge on any atom is -0.367 e. The highest BCUT2D eigenvalue weighted by Gasteiger charge is 2.35. The Balaban J connectivity index is 1.98. The Kier molecular flexibility index (Phi) is 2.82. The van der Waals surface area contributed by atoms with E-state index in [0.717, 1.165) is 5.00 Å². The van der Waals surface area contributed by atoms with Crippen LogP contribution in [0.5, 0.6) is 0 Å². The summed E-state index contributed by atoms with van der Waals surface area (Å²) in [4.78, 5) is 0. The van der Waals surface area contributed by atoms with Crippen LogP contribution < -0.4 is 5.32 Å². The SMILES string of the molecule is CC1(C)CCc2ccccc2C1Nc1cnns1. The van der Waals surface area contributed by atoms with Gasteiger partial charge in [-0.05, 0) is 29.4 Å². The van der Waals surface area contributed by atoms with Gasteiger partial charge in [-0.15, -0.1) is 5.10 Å². The third kappa shape index (κ3) is 2.01. The van der Waals surface area contributed by atoms with Crippen LogP contribution in [0.1, 0.15) is 37.4 Å². The maximum absolute atomic E-state index is 3.92. The number of fused-ring (bicyclic) bond motifs is 1. The van der Waals surface area contributed by atoms with E-state index in [2.05, 4.69) is 53.0 Å². The van der Waals surface area contributed by atoms with Gasteiger partial charge in [-0.2, -0.15) is 0 Å². The summed E-state index contributed by atoms with van der Waals surface area (Å²) in [5, 5.41) is 8.54. The number of aromatic nitrogens is 2. The van der Waals surface area contributed by atoms with Gasteiger partial charge in [0.1, 0.15) is 5.00 Å². The lowest BCUT2D eigenvalue weighted by molar-refractivity contribution is 0.265. The normalized spacial score (nSPS) is 21.3. The van der Waals surface area contributed by atoms with Crippen molar-refractivity contribution in [1.29, 1.82) is 0 Å². The summed E-state index contributed by atoms with van der Waals surface area (Å²) in [5.74, 6) is 0. The summed E-state index contributed by atoms with van der Waals surface area (Å²) >= 11 is 1.42. The third-order valence-corrected chi connectivity index (χ3v) is 4.43. The van der Waals surface area contributed by atoms with E-state index in [1.165, 1.54) is 35.5 Å². The van der Waals surface area contributed by atoms with E-state index in [9.17, 15) is 0 Å². The second-order valence-electron chi connectivity index (χ2n) is 5.55. The Bertz CT molecular complexity index is 534. The molecule has 18 heavy (non-hydrogen) atoms. The Morgan fingerprint density at radius 1 is 1.33 bits per heavy atom. The zero-order valence-corrected chi connectivity index (χ0v) is 11.5. The smallest absolute Gasteiger partial charge is 0.130 e. The fourth-order valence-corrected chi connectivity index (χ4v) is 3.16. The molecule has 1 aliphatic carbocycles. The van der Waals surface area contributed by atoms with E-state index in [1.807, 2.05) is 0 Å². The quantitative estimate of drug-likeness (QED) is 0.894. The van der Waals surface area contributed by atoms with Crippen molar-refractivity contribution >= 4 is 16.5 Å². The molecule has 0 fully saturated rings. The molecule has 1 aromatic heterocycles. The van der Waals surface area contributed by atoms with Crippen LogP contribution in [-0.2, 0) is 6.42 Å². The molecular weight excluding hydrogens is 242 g/mol. The first-order valence-electron chi connectivity index (χ1n) is 6.28. The lowest BCUT2D eigenvalue weighted by Gasteiger charge is -2.40. The molecule has 0 spiro atoms. The molecule has 1 atom stereocenters. The topological polar surface area (TPSA) is 37.8 Å². The number of hydrogen-bond acceptors (Lipinski definition) is 4. The van der Waals surface area contributed by atoms with Gasteiger partial charge in [-0.3, -0.25) is 0 Å². The van der Waals surface area contributed by atoms with E-state index in [4.69, 9.17) is 0 Å². The predicted molar refractivity (Wildman–Crippen MR) is 74.8 cm³/mol. The van der Waals surface area contributed by atoms with Crippen LogP contribution in [0.4, 0.5) is 5.00 Å². The van der Waals surface area contributed by atoms with Gasteiger partial charge in [0.05, 0.1) is 12.2 Å². The van der Waals surface area contributed by atoms with Crippen LogP contribution >= 0.6 is 11.5 Å². The van der Waals surface area contributed by atoms with Crippen molar-refractivity contribution in [2.24, 2.45) is 5.41 Å². The molecule has 1 unspecified atom stereocenters. The largest absolute Gasteiger partial charge is 0.367 e. The number of benzene rings is 1. The minimum atomic E-state index is 0.248. The van der Waals surface area contributed by atoms with Gasteiger partial charge in [0.15, 0.2) is 0 Å². The van der Waals surface area contributed by atoms with Gasteiger partial charge < -0.3 is 5.32 Å². The molecular formula is C14H17N3S. The van der Waals surface area contributed by atoms with Crippen LogP contribution in [0.2, 0.25) is 0 Å². The molecule has 1 heterocycles. The maximum atomic E-state index is 3.92. The van der Waals surface area contributed by atoms with E-state index in [0.29, 0.717) is 6.04 Å². The zero-order valence-electron chi connectivity index (χ0n) is 10.7. The number of anilines is 1. The summed E-state index contributed by atoms with van der Waals surface area (Å²) in [7, 11) is 0. The Morgan fingerprint density at radius 2 is 2.17 bits per heavy atom. The van der Waals surface area contributed by atoms with Gasteiger partial charge >= 0.3 is 0 Å². The first-order chi connectivity index (χ1) is 8.67. The van der Waals surface area contributed by atoms with Crippen LogP contribution in [-0.4, -0.2) is 9.59 Å². The number of nitrogens with one attached hydrogen (secondary N) is 1. The van der Waals surface area contributed by atoms with Gasteiger partial charge in [0.2, 0.25) is 0 Å². The van der Waals surface area contributed by atoms with Crippen molar-refractivity contribution in [3.63, 3.8) is 0 Å².